The SMILES string of the molecule is CCOc1ccc(CNC(=O)c2ccccc2NC(=O)[C@H]2CC(=O)N(c3ccccc3C)C2)cc1. The van der Waals surface area contributed by atoms with Gasteiger partial charge in [-0.2, -0.15) is 0 Å². The molecule has 1 heterocycles. The van der Waals surface area contributed by atoms with Gasteiger partial charge in [-0.1, -0.05) is 42.5 Å². The fraction of sp³-hybridized carbons (Fsp3) is 0.250. The van der Waals surface area contributed by atoms with Crippen molar-refractivity contribution >= 4 is 29.1 Å². The van der Waals surface area contributed by atoms with Crippen molar-refractivity contribution in [3.05, 3.63) is 89.5 Å². The van der Waals surface area contributed by atoms with E-state index in [1.807, 2.05) is 62.4 Å². The van der Waals surface area contributed by atoms with Crippen LogP contribution in [-0.4, -0.2) is 30.9 Å². The molecule has 0 saturated carbocycles. The van der Waals surface area contributed by atoms with E-state index in [-0.39, 0.29) is 24.1 Å². The Morgan fingerprint density at radius 3 is 2.46 bits per heavy atom. The van der Waals surface area contributed by atoms with Crippen LogP contribution in [0, 0.1) is 12.8 Å². The standard InChI is InChI=1S/C28H29N3O4/c1-3-35-22-14-12-20(13-15-22)17-29-28(34)23-9-5-6-10-24(23)30-27(33)21-16-26(32)31(18-21)25-11-7-4-8-19(25)2/h4-15,21H,3,16-18H2,1-2H3,(H,29,34)(H,30,33)/t21-/m0/s1. The minimum atomic E-state index is -0.498. The maximum Gasteiger partial charge on any atom is 0.253 e. The Morgan fingerprint density at radius 1 is 1.00 bits per heavy atom. The second-order valence-electron chi connectivity index (χ2n) is 8.49. The molecule has 3 amide bonds. The van der Waals surface area contributed by atoms with Gasteiger partial charge in [0, 0.05) is 25.2 Å². The molecule has 35 heavy (non-hydrogen) atoms. The fourth-order valence-electron chi connectivity index (χ4n) is 4.15. The van der Waals surface area contributed by atoms with Crippen molar-refractivity contribution in [3.63, 3.8) is 0 Å². The second-order valence-corrected chi connectivity index (χ2v) is 8.49. The topological polar surface area (TPSA) is 87.7 Å². The van der Waals surface area contributed by atoms with Gasteiger partial charge in [-0.15, -0.1) is 0 Å². The quantitative estimate of drug-likeness (QED) is 0.512. The van der Waals surface area contributed by atoms with Gasteiger partial charge in [-0.25, -0.2) is 0 Å². The normalized spacial score (nSPS) is 15.1. The van der Waals surface area contributed by atoms with E-state index in [0.717, 1.165) is 22.6 Å². The first-order valence-electron chi connectivity index (χ1n) is 11.7. The van der Waals surface area contributed by atoms with Gasteiger partial charge in [0.15, 0.2) is 0 Å². The van der Waals surface area contributed by atoms with Crippen LogP contribution in [-0.2, 0) is 16.1 Å². The smallest absolute Gasteiger partial charge is 0.253 e. The third-order valence-electron chi connectivity index (χ3n) is 6.02. The zero-order valence-corrected chi connectivity index (χ0v) is 19.9. The number of amides is 3. The molecule has 1 aliphatic heterocycles. The Bertz CT molecular complexity index is 1220. The molecule has 3 aromatic rings. The number of nitrogens with zero attached hydrogens (tertiary/aromatic N) is 1. The number of hydrogen-bond donors (Lipinski definition) is 2. The average molecular weight is 472 g/mol. The zero-order chi connectivity index (χ0) is 24.8. The van der Waals surface area contributed by atoms with Gasteiger partial charge in [-0.3, -0.25) is 14.4 Å². The maximum absolute atomic E-state index is 13.0. The summed E-state index contributed by atoms with van der Waals surface area (Å²) in [4.78, 5) is 40.2. The summed E-state index contributed by atoms with van der Waals surface area (Å²) in [6, 6.07) is 22.0. The van der Waals surface area contributed by atoms with Crippen LogP contribution < -0.4 is 20.3 Å². The monoisotopic (exact) mass is 471 g/mol. The molecule has 7 nitrogen and oxygen atoms in total. The van der Waals surface area contributed by atoms with Crippen LogP contribution in [0.5, 0.6) is 5.75 Å². The van der Waals surface area contributed by atoms with Gasteiger partial charge in [-0.05, 0) is 55.3 Å². The van der Waals surface area contributed by atoms with Crippen molar-refractivity contribution in [2.75, 3.05) is 23.4 Å². The molecule has 0 aliphatic carbocycles. The Labute approximate surface area is 205 Å². The molecular weight excluding hydrogens is 442 g/mol. The van der Waals surface area contributed by atoms with Crippen molar-refractivity contribution in [1.82, 2.24) is 5.32 Å². The largest absolute Gasteiger partial charge is 0.494 e. The highest BCUT2D eigenvalue weighted by Crippen LogP contribution is 2.29. The van der Waals surface area contributed by atoms with Crippen LogP contribution >= 0.6 is 0 Å². The minimum Gasteiger partial charge on any atom is -0.494 e. The van der Waals surface area contributed by atoms with Crippen LogP contribution in [0.2, 0.25) is 0 Å². The molecule has 0 bridgehead atoms. The Kier molecular flexibility index (Phi) is 7.45. The molecule has 180 valence electrons. The van der Waals surface area contributed by atoms with Crippen LogP contribution in [0.15, 0.2) is 72.8 Å². The molecule has 1 atom stereocenters. The number of carbonyl (C=O) groups excluding carboxylic acids is 3. The number of rotatable bonds is 8. The van der Waals surface area contributed by atoms with Crippen LogP contribution in [0.25, 0.3) is 0 Å². The number of hydrogen-bond acceptors (Lipinski definition) is 4. The molecule has 1 aliphatic rings. The third kappa shape index (κ3) is 5.69. The van der Waals surface area contributed by atoms with Gasteiger partial charge >= 0.3 is 0 Å². The highest BCUT2D eigenvalue weighted by Gasteiger charge is 2.36. The molecule has 2 N–H and O–H groups in total. The van der Waals surface area contributed by atoms with E-state index in [1.165, 1.54) is 0 Å². The first-order valence-corrected chi connectivity index (χ1v) is 11.7. The van der Waals surface area contributed by atoms with E-state index in [0.29, 0.717) is 30.9 Å². The number of carbonyl (C=O) groups is 3. The number of nitrogens with one attached hydrogen (secondary N) is 2. The lowest BCUT2D eigenvalue weighted by molar-refractivity contribution is -0.122. The summed E-state index contributed by atoms with van der Waals surface area (Å²) in [6.07, 6.45) is 0.131. The van der Waals surface area contributed by atoms with E-state index < -0.39 is 5.92 Å². The number of aryl methyl sites for hydroxylation is 1. The molecule has 0 spiro atoms. The summed E-state index contributed by atoms with van der Waals surface area (Å²) in [5.41, 5.74) is 3.53. The minimum absolute atomic E-state index is 0.0826. The number of para-hydroxylation sites is 2. The Balaban J connectivity index is 1.40. The number of ether oxygens (including phenoxy) is 1. The molecule has 1 fully saturated rings. The number of anilines is 2. The molecule has 7 heteroatoms. The molecule has 3 aromatic carbocycles. The molecule has 1 saturated heterocycles. The Morgan fingerprint density at radius 2 is 1.71 bits per heavy atom. The maximum atomic E-state index is 13.0. The van der Waals surface area contributed by atoms with E-state index in [1.54, 1.807) is 29.2 Å². The third-order valence-corrected chi connectivity index (χ3v) is 6.02. The van der Waals surface area contributed by atoms with Crippen molar-refractivity contribution < 1.29 is 19.1 Å². The van der Waals surface area contributed by atoms with Crippen molar-refractivity contribution in [1.29, 1.82) is 0 Å². The van der Waals surface area contributed by atoms with E-state index in [4.69, 9.17) is 4.74 Å². The fourth-order valence-corrected chi connectivity index (χ4v) is 4.15. The van der Waals surface area contributed by atoms with E-state index in [9.17, 15) is 14.4 Å². The molecule has 4 rings (SSSR count). The zero-order valence-electron chi connectivity index (χ0n) is 19.9. The highest BCUT2D eigenvalue weighted by atomic mass is 16.5. The predicted molar refractivity (Wildman–Crippen MR) is 135 cm³/mol. The average Bonchev–Trinajstić information content (AvgIpc) is 3.25. The van der Waals surface area contributed by atoms with E-state index >= 15 is 0 Å². The summed E-state index contributed by atoms with van der Waals surface area (Å²) in [6.45, 7) is 5.11. The van der Waals surface area contributed by atoms with Gasteiger partial charge < -0.3 is 20.3 Å². The number of benzene rings is 3. The highest BCUT2D eigenvalue weighted by molar-refractivity contribution is 6.07. The lowest BCUT2D eigenvalue weighted by Gasteiger charge is -2.19. The second kappa shape index (κ2) is 10.9. The van der Waals surface area contributed by atoms with Crippen molar-refractivity contribution in [2.45, 2.75) is 26.8 Å². The predicted octanol–water partition coefficient (Wildman–Crippen LogP) is 4.32. The van der Waals surface area contributed by atoms with Gasteiger partial charge in [0.2, 0.25) is 11.8 Å². The Hall–Kier alpha value is -4.13. The summed E-state index contributed by atoms with van der Waals surface area (Å²) >= 11 is 0. The first-order chi connectivity index (χ1) is 17.0. The first kappa shape index (κ1) is 24.0. The van der Waals surface area contributed by atoms with Gasteiger partial charge in [0.25, 0.3) is 5.91 Å². The molecular formula is C28H29N3O4. The molecule has 0 aromatic heterocycles. The van der Waals surface area contributed by atoms with E-state index in [2.05, 4.69) is 10.6 Å². The van der Waals surface area contributed by atoms with Gasteiger partial charge in [0.05, 0.1) is 23.8 Å². The summed E-state index contributed by atoms with van der Waals surface area (Å²) in [5.74, 6) is -0.370. The van der Waals surface area contributed by atoms with Gasteiger partial charge in [0.1, 0.15) is 5.75 Å². The molecule has 0 radical (unpaired) electrons. The van der Waals surface area contributed by atoms with Crippen molar-refractivity contribution in [2.24, 2.45) is 5.92 Å². The van der Waals surface area contributed by atoms with Crippen LogP contribution in [0.4, 0.5) is 11.4 Å². The molecule has 0 unspecified atom stereocenters. The summed E-state index contributed by atoms with van der Waals surface area (Å²) < 4.78 is 5.44. The van der Waals surface area contributed by atoms with Crippen LogP contribution in [0.1, 0.15) is 34.8 Å². The summed E-state index contributed by atoms with van der Waals surface area (Å²) in [7, 11) is 0. The lowest BCUT2D eigenvalue weighted by Crippen LogP contribution is -2.29. The lowest BCUT2D eigenvalue weighted by atomic mass is 10.1. The summed E-state index contributed by atoms with van der Waals surface area (Å²) in [5, 5.41) is 5.76. The van der Waals surface area contributed by atoms with Crippen molar-refractivity contribution in [3.8, 4) is 5.75 Å². The van der Waals surface area contributed by atoms with Crippen LogP contribution in [0.3, 0.4) is 0 Å².